The Balaban J connectivity index is 2.40. The number of hydrogen-bond acceptors (Lipinski definition) is 6. The maximum Gasteiger partial charge on any atom is 0.433 e. The van der Waals surface area contributed by atoms with E-state index in [0.717, 1.165) is 12.5 Å². The SMILES string of the molecule is CC[C@H](C)Nc1nc(N)nc(-c2cccc(C(F)(F)F)n2)n1. The lowest BCUT2D eigenvalue weighted by molar-refractivity contribution is -0.141. The Morgan fingerprint density at radius 1 is 1.18 bits per heavy atom. The van der Waals surface area contributed by atoms with Crippen molar-refractivity contribution < 1.29 is 13.2 Å². The zero-order valence-electron chi connectivity index (χ0n) is 12.0. The Bertz CT molecular complexity index is 658. The van der Waals surface area contributed by atoms with Crippen molar-refractivity contribution >= 4 is 11.9 Å². The van der Waals surface area contributed by atoms with E-state index in [1.165, 1.54) is 12.1 Å². The van der Waals surface area contributed by atoms with Gasteiger partial charge in [-0.15, -0.1) is 0 Å². The highest BCUT2D eigenvalue weighted by Crippen LogP contribution is 2.28. The standard InChI is InChI=1S/C13H15F3N6/c1-3-7(2)18-12-21-10(20-11(17)22-12)8-5-4-6-9(19-8)13(14,15)16/h4-7H,3H2,1-2H3,(H3,17,18,20,21,22)/t7-/m0/s1. The number of pyridine rings is 1. The first kappa shape index (κ1) is 15.9. The average molecular weight is 312 g/mol. The number of nitrogens with two attached hydrogens (primary N) is 1. The fraction of sp³-hybridized carbons (Fsp3) is 0.385. The van der Waals surface area contributed by atoms with Gasteiger partial charge in [0, 0.05) is 6.04 Å². The molecule has 0 aromatic carbocycles. The smallest absolute Gasteiger partial charge is 0.368 e. The third-order valence-electron chi connectivity index (χ3n) is 2.91. The van der Waals surface area contributed by atoms with E-state index in [9.17, 15) is 13.2 Å². The molecule has 6 nitrogen and oxygen atoms in total. The van der Waals surface area contributed by atoms with E-state index in [1.54, 1.807) is 0 Å². The van der Waals surface area contributed by atoms with Gasteiger partial charge in [-0.1, -0.05) is 13.0 Å². The zero-order chi connectivity index (χ0) is 16.3. The lowest BCUT2D eigenvalue weighted by Gasteiger charge is -2.12. The van der Waals surface area contributed by atoms with E-state index in [2.05, 4.69) is 25.3 Å². The molecule has 2 heterocycles. The second-order valence-electron chi connectivity index (χ2n) is 4.70. The molecule has 0 fully saturated rings. The number of nitrogens with zero attached hydrogens (tertiary/aromatic N) is 4. The van der Waals surface area contributed by atoms with Crippen LogP contribution in [0.5, 0.6) is 0 Å². The number of nitrogen functional groups attached to an aromatic ring is 1. The molecule has 0 unspecified atom stereocenters. The molecule has 2 aromatic rings. The highest BCUT2D eigenvalue weighted by Gasteiger charge is 2.32. The molecule has 9 heteroatoms. The molecule has 0 aliphatic heterocycles. The van der Waals surface area contributed by atoms with Gasteiger partial charge in [0.2, 0.25) is 11.9 Å². The van der Waals surface area contributed by atoms with Gasteiger partial charge in [-0.3, -0.25) is 0 Å². The summed E-state index contributed by atoms with van der Waals surface area (Å²) < 4.78 is 38.1. The molecule has 2 aromatic heterocycles. The summed E-state index contributed by atoms with van der Waals surface area (Å²) in [6.45, 7) is 3.89. The summed E-state index contributed by atoms with van der Waals surface area (Å²) in [5.41, 5.74) is 4.55. The molecule has 0 aliphatic carbocycles. The van der Waals surface area contributed by atoms with Crippen molar-refractivity contribution in [1.82, 2.24) is 19.9 Å². The van der Waals surface area contributed by atoms with E-state index in [1.807, 2.05) is 13.8 Å². The summed E-state index contributed by atoms with van der Waals surface area (Å²) in [4.78, 5) is 15.4. The van der Waals surface area contributed by atoms with Crippen molar-refractivity contribution in [3.8, 4) is 11.5 Å². The van der Waals surface area contributed by atoms with Gasteiger partial charge in [0.05, 0.1) is 0 Å². The topological polar surface area (TPSA) is 89.6 Å². The van der Waals surface area contributed by atoms with Crippen LogP contribution in [-0.4, -0.2) is 26.0 Å². The maximum absolute atomic E-state index is 12.7. The summed E-state index contributed by atoms with van der Waals surface area (Å²) in [6, 6.07) is 3.60. The lowest BCUT2D eigenvalue weighted by atomic mass is 10.2. The fourth-order valence-corrected chi connectivity index (χ4v) is 1.61. The van der Waals surface area contributed by atoms with E-state index < -0.39 is 11.9 Å². The van der Waals surface area contributed by atoms with Crippen LogP contribution in [0.15, 0.2) is 18.2 Å². The quantitative estimate of drug-likeness (QED) is 0.902. The number of nitrogens with one attached hydrogen (secondary N) is 1. The van der Waals surface area contributed by atoms with Gasteiger partial charge in [0.25, 0.3) is 0 Å². The predicted molar refractivity (Wildman–Crippen MR) is 75.8 cm³/mol. The van der Waals surface area contributed by atoms with Crippen molar-refractivity contribution in [3.05, 3.63) is 23.9 Å². The van der Waals surface area contributed by atoms with E-state index >= 15 is 0 Å². The molecule has 0 saturated heterocycles. The van der Waals surface area contributed by atoms with Crippen LogP contribution in [0, 0.1) is 0 Å². The van der Waals surface area contributed by atoms with Crippen LogP contribution in [0.25, 0.3) is 11.5 Å². The third kappa shape index (κ3) is 3.80. The van der Waals surface area contributed by atoms with Crippen LogP contribution in [0.2, 0.25) is 0 Å². The maximum atomic E-state index is 12.7. The summed E-state index contributed by atoms with van der Waals surface area (Å²) in [7, 11) is 0. The molecule has 0 aliphatic rings. The Morgan fingerprint density at radius 2 is 1.91 bits per heavy atom. The minimum Gasteiger partial charge on any atom is -0.368 e. The second kappa shape index (κ2) is 6.12. The van der Waals surface area contributed by atoms with Crippen LogP contribution in [0.3, 0.4) is 0 Å². The highest BCUT2D eigenvalue weighted by molar-refractivity contribution is 5.53. The molecule has 2 rings (SSSR count). The number of halogens is 3. The molecule has 0 saturated carbocycles. The monoisotopic (exact) mass is 312 g/mol. The Kier molecular flexibility index (Phi) is 4.43. The molecule has 0 bridgehead atoms. The van der Waals surface area contributed by atoms with E-state index in [4.69, 9.17) is 5.73 Å². The average Bonchev–Trinajstić information content (AvgIpc) is 2.45. The fourth-order valence-electron chi connectivity index (χ4n) is 1.61. The normalized spacial score (nSPS) is 13.0. The first-order valence-electron chi connectivity index (χ1n) is 6.62. The van der Waals surface area contributed by atoms with Gasteiger partial charge in [0.15, 0.2) is 5.82 Å². The van der Waals surface area contributed by atoms with Crippen molar-refractivity contribution in [2.45, 2.75) is 32.5 Å². The first-order valence-corrected chi connectivity index (χ1v) is 6.62. The van der Waals surface area contributed by atoms with Gasteiger partial charge < -0.3 is 11.1 Å². The number of aromatic nitrogens is 4. The van der Waals surface area contributed by atoms with Crippen molar-refractivity contribution in [3.63, 3.8) is 0 Å². The largest absolute Gasteiger partial charge is 0.433 e. The van der Waals surface area contributed by atoms with Crippen LogP contribution < -0.4 is 11.1 Å². The molecule has 0 amide bonds. The summed E-state index contributed by atoms with van der Waals surface area (Å²) in [6.07, 6.45) is -3.71. The third-order valence-corrected chi connectivity index (χ3v) is 2.91. The van der Waals surface area contributed by atoms with Crippen LogP contribution in [0.1, 0.15) is 26.0 Å². The summed E-state index contributed by atoms with van der Waals surface area (Å²) >= 11 is 0. The molecule has 22 heavy (non-hydrogen) atoms. The molecule has 3 N–H and O–H groups in total. The van der Waals surface area contributed by atoms with Crippen LogP contribution in [-0.2, 0) is 6.18 Å². The number of anilines is 2. The predicted octanol–water partition coefficient (Wildman–Crippen LogP) is 2.75. The van der Waals surface area contributed by atoms with Gasteiger partial charge >= 0.3 is 6.18 Å². The van der Waals surface area contributed by atoms with E-state index in [0.29, 0.717) is 0 Å². The molecular weight excluding hydrogens is 297 g/mol. The van der Waals surface area contributed by atoms with Crippen molar-refractivity contribution in [2.24, 2.45) is 0 Å². The molecule has 1 atom stereocenters. The summed E-state index contributed by atoms with van der Waals surface area (Å²) in [5, 5.41) is 3.00. The van der Waals surface area contributed by atoms with Crippen molar-refractivity contribution in [1.29, 1.82) is 0 Å². The molecular formula is C13H15F3N6. The Labute approximate surface area is 125 Å². The molecule has 0 spiro atoms. The van der Waals surface area contributed by atoms with Crippen LogP contribution in [0.4, 0.5) is 25.1 Å². The van der Waals surface area contributed by atoms with Gasteiger partial charge in [-0.2, -0.15) is 28.1 Å². The van der Waals surface area contributed by atoms with Crippen molar-refractivity contribution in [2.75, 3.05) is 11.1 Å². The number of hydrogen-bond donors (Lipinski definition) is 2. The second-order valence-corrected chi connectivity index (χ2v) is 4.70. The van der Waals surface area contributed by atoms with Crippen LogP contribution >= 0.6 is 0 Å². The highest BCUT2D eigenvalue weighted by atomic mass is 19.4. The lowest BCUT2D eigenvalue weighted by Crippen LogP contribution is -2.17. The minimum absolute atomic E-state index is 0.00981. The van der Waals surface area contributed by atoms with Gasteiger partial charge in [-0.05, 0) is 25.5 Å². The minimum atomic E-state index is -4.54. The van der Waals surface area contributed by atoms with Gasteiger partial charge in [0.1, 0.15) is 11.4 Å². The molecule has 0 radical (unpaired) electrons. The van der Waals surface area contributed by atoms with Gasteiger partial charge in [-0.25, -0.2) is 4.98 Å². The summed E-state index contributed by atoms with van der Waals surface area (Å²) in [5.74, 6) is 0.107. The molecule has 118 valence electrons. The first-order chi connectivity index (χ1) is 10.3. The Morgan fingerprint density at radius 3 is 2.55 bits per heavy atom. The Hall–Kier alpha value is -2.45. The van der Waals surface area contributed by atoms with E-state index in [-0.39, 0.29) is 29.5 Å². The zero-order valence-corrected chi connectivity index (χ0v) is 12.0. The number of rotatable bonds is 4. The number of alkyl halides is 3.